The minimum absolute atomic E-state index is 1.10. The second kappa shape index (κ2) is 17.6. The summed E-state index contributed by atoms with van der Waals surface area (Å²) in [4.78, 5) is 2.36. The fraction of sp³-hybridized carbons (Fsp3) is 0. The topological polar surface area (TPSA) is 13.1 Å². The molecule has 0 fully saturated rings. The molecule has 0 aliphatic rings. The second-order valence-corrected chi connectivity index (χ2v) is 19.0. The number of rotatable bonds is 9. The third-order valence-electron chi connectivity index (χ3n) is 14.7. The van der Waals surface area contributed by atoms with Gasteiger partial charge in [0.25, 0.3) is 0 Å². The Hall–Kier alpha value is -9.70. The van der Waals surface area contributed by atoms with Crippen LogP contribution in [0.25, 0.3) is 110 Å². The van der Waals surface area contributed by atoms with E-state index in [9.17, 15) is 0 Å². The van der Waals surface area contributed by atoms with Crippen LogP contribution in [0.5, 0.6) is 0 Å². The molecule has 3 nitrogen and oxygen atoms in total. The number of fused-ring (bicyclic) bond motifs is 7. The Morgan fingerprint density at radius 2 is 0.534 bits per heavy atom. The van der Waals surface area contributed by atoms with E-state index in [1.807, 2.05) is 0 Å². The van der Waals surface area contributed by atoms with Crippen LogP contribution >= 0.6 is 0 Å². The van der Waals surface area contributed by atoms with Crippen molar-refractivity contribution < 1.29 is 0 Å². The van der Waals surface area contributed by atoms with Crippen molar-refractivity contribution in [1.29, 1.82) is 0 Å². The maximum atomic E-state index is 2.37. The van der Waals surface area contributed by atoms with E-state index in [-0.39, 0.29) is 0 Å². The maximum absolute atomic E-state index is 2.37. The summed E-state index contributed by atoms with van der Waals surface area (Å²) in [6, 6.07) is 104. The molecule has 0 aliphatic heterocycles. The number of anilines is 3. The molecule has 3 heteroatoms. The molecule has 0 atom stereocenters. The molecule has 0 aliphatic carbocycles. The lowest BCUT2D eigenvalue weighted by Crippen LogP contribution is -2.09. The van der Waals surface area contributed by atoms with Crippen LogP contribution < -0.4 is 4.90 Å². The molecular formula is C70H47N3. The van der Waals surface area contributed by atoms with E-state index < -0.39 is 0 Å². The van der Waals surface area contributed by atoms with Crippen molar-refractivity contribution in [2.24, 2.45) is 0 Å². The summed E-state index contributed by atoms with van der Waals surface area (Å²) in [7, 11) is 0. The van der Waals surface area contributed by atoms with E-state index in [1.165, 1.54) is 110 Å². The summed E-state index contributed by atoms with van der Waals surface area (Å²) in [6.45, 7) is 0. The molecule has 12 aromatic carbocycles. The average molecular weight is 930 g/mol. The highest BCUT2D eigenvalue weighted by atomic mass is 15.1. The van der Waals surface area contributed by atoms with Gasteiger partial charge >= 0.3 is 0 Å². The number of nitrogens with zero attached hydrogens (tertiary/aromatic N) is 3. The highest BCUT2D eigenvalue weighted by Gasteiger charge is 2.17. The largest absolute Gasteiger partial charge is 0.310 e. The maximum Gasteiger partial charge on any atom is 0.0541 e. The Morgan fingerprint density at radius 1 is 0.205 bits per heavy atom. The van der Waals surface area contributed by atoms with Crippen molar-refractivity contribution in [2.45, 2.75) is 0 Å². The Morgan fingerprint density at radius 3 is 0.986 bits per heavy atom. The predicted octanol–water partition coefficient (Wildman–Crippen LogP) is 19.2. The third kappa shape index (κ3) is 7.46. The number of benzene rings is 12. The quantitative estimate of drug-likeness (QED) is 0.141. The van der Waals surface area contributed by atoms with E-state index in [0.29, 0.717) is 0 Å². The predicted molar refractivity (Wildman–Crippen MR) is 309 cm³/mol. The third-order valence-corrected chi connectivity index (χ3v) is 14.7. The van der Waals surface area contributed by atoms with Gasteiger partial charge in [-0.15, -0.1) is 0 Å². The molecule has 342 valence electrons. The molecule has 0 unspecified atom stereocenters. The molecule has 2 heterocycles. The summed E-state index contributed by atoms with van der Waals surface area (Å²) >= 11 is 0. The van der Waals surface area contributed by atoms with E-state index in [1.54, 1.807) is 0 Å². The van der Waals surface area contributed by atoms with Crippen LogP contribution in [0.1, 0.15) is 0 Å². The van der Waals surface area contributed by atoms with Crippen LogP contribution in [0.3, 0.4) is 0 Å². The minimum atomic E-state index is 1.10. The lowest BCUT2D eigenvalue weighted by Gasteiger charge is -2.26. The Balaban J connectivity index is 0.748. The highest BCUT2D eigenvalue weighted by molar-refractivity contribution is 6.11. The van der Waals surface area contributed by atoms with Crippen molar-refractivity contribution in [3.8, 4) is 55.9 Å². The number of hydrogen-bond donors (Lipinski definition) is 0. The first-order chi connectivity index (χ1) is 36.2. The van der Waals surface area contributed by atoms with Crippen molar-refractivity contribution in [3.05, 3.63) is 285 Å². The van der Waals surface area contributed by atoms with Gasteiger partial charge in [0.1, 0.15) is 0 Å². The first kappa shape index (κ1) is 42.2. The molecule has 14 rings (SSSR count). The first-order valence-electron chi connectivity index (χ1n) is 25.1. The van der Waals surface area contributed by atoms with E-state index >= 15 is 0 Å². The van der Waals surface area contributed by atoms with Crippen LogP contribution in [-0.4, -0.2) is 9.13 Å². The lowest BCUT2D eigenvalue weighted by atomic mass is 9.98. The second-order valence-electron chi connectivity index (χ2n) is 19.0. The number of aromatic nitrogens is 2. The summed E-state index contributed by atoms with van der Waals surface area (Å²) < 4.78 is 4.73. The molecule has 0 spiro atoms. The van der Waals surface area contributed by atoms with Gasteiger partial charge in [-0.1, -0.05) is 188 Å². The van der Waals surface area contributed by atoms with E-state index in [0.717, 1.165) is 17.1 Å². The van der Waals surface area contributed by atoms with Gasteiger partial charge in [0.2, 0.25) is 0 Å². The first-order valence-corrected chi connectivity index (χ1v) is 25.1. The molecule has 14 aromatic rings. The molecule has 0 radical (unpaired) electrons. The summed E-state index contributed by atoms with van der Waals surface area (Å²) in [5.74, 6) is 0. The van der Waals surface area contributed by atoms with Crippen LogP contribution in [0, 0.1) is 0 Å². The lowest BCUT2D eigenvalue weighted by molar-refractivity contribution is 1.18. The number of hydrogen-bond acceptors (Lipinski definition) is 1. The molecular weight excluding hydrogens is 883 g/mol. The smallest absolute Gasteiger partial charge is 0.0541 e. The van der Waals surface area contributed by atoms with Crippen molar-refractivity contribution in [1.82, 2.24) is 9.13 Å². The summed E-state index contributed by atoms with van der Waals surface area (Å²) in [5, 5.41) is 7.46. The zero-order valence-electron chi connectivity index (χ0n) is 40.0. The normalized spacial score (nSPS) is 11.6. The molecule has 0 N–H and O–H groups in total. The molecule has 0 saturated heterocycles. The van der Waals surface area contributed by atoms with Gasteiger partial charge in [0.15, 0.2) is 0 Å². The van der Waals surface area contributed by atoms with Gasteiger partial charge in [0, 0.05) is 50.0 Å². The van der Waals surface area contributed by atoms with Gasteiger partial charge in [0.05, 0.1) is 22.1 Å². The van der Waals surface area contributed by atoms with Crippen molar-refractivity contribution in [2.75, 3.05) is 4.90 Å². The zero-order chi connectivity index (χ0) is 48.2. The van der Waals surface area contributed by atoms with Crippen molar-refractivity contribution in [3.63, 3.8) is 0 Å². The van der Waals surface area contributed by atoms with Gasteiger partial charge in [-0.2, -0.15) is 0 Å². The number of para-hydroxylation sites is 4. The molecule has 0 saturated carbocycles. The highest BCUT2D eigenvalue weighted by Crippen LogP contribution is 2.41. The van der Waals surface area contributed by atoms with Crippen LogP contribution in [0.2, 0.25) is 0 Å². The van der Waals surface area contributed by atoms with Crippen LogP contribution in [0.15, 0.2) is 285 Å². The fourth-order valence-electron chi connectivity index (χ4n) is 11.1. The van der Waals surface area contributed by atoms with Gasteiger partial charge in [-0.05, 0) is 152 Å². The van der Waals surface area contributed by atoms with Gasteiger partial charge in [-0.25, -0.2) is 0 Å². The monoisotopic (exact) mass is 929 g/mol. The van der Waals surface area contributed by atoms with Crippen LogP contribution in [0.4, 0.5) is 17.1 Å². The van der Waals surface area contributed by atoms with Gasteiger partial charge < -0.3 is 14.0 Å². The van der Waals surface area contributed by atoms with Crippen molar-refractivity contribution >= 4 is 71.4 Å². The SMILES string of the molecule is c1ccc(-n2c3ccccc3c3cc(-c4ccc(-c5ccc(N(c6ccc(-c7ccc(-c8ccc9c(c8)c8ccccc8n9-c8ccccc8)cc7)cc6)c6ccc7ccccc7c6)cc5)cc4)ccc32)cc1. The molecule has 2 aromatic heterocycles. The standard InChI is InChI=1S/C70H47N3/c1-3-15-58(16-4-1)72-67-21-11-9-19-63(67)65-46-56(36-43-69(65)72)53-27-23-49(24-28-53)51-31-38-60(39-32-51)71(62-42-35-48-13-7-8-14-55(48)45-62)61-40-33-52(34-41-61)50-25-29-54(30-26-50)57-37-44-70-66(47-57)64-20-10-12-22-68(64)73(70)59-17-5-2-6-18-59/h1-47H. The summed E-state index contributed by atoms with van der Waals surface area (Å²) in [5.41, 5.74) is 20.0. The summed E-state index contributed by atoms with van der Waals surface area (Å²) in [6.07, 6.45) is 0. The van der Waals surface area contributed by atoms with Gasteiger partial charge in [-0.3, -0.25) is 0 Å². The Labute approximate surface area is 424 Å². The molecule has 73 heavy (non-hydrogen) atoms. The average Bonchev–Trinajstić information content (AvgIpc) is 3.98. The molecule has 0 amide bonds. The Kier molecular flexibility index (Phi) is 10.2. The zero-order valence-corrected chi connectivity index (χ0v) is 40.0. The molecule has 0 bridgehead atoms. The fourth-order valence-corrected chi connectivity index (χ4v) is 11.1. The van der Waals surface area contributed by atoms with E-state index in [2.05, 4.69) is 299 Å². The minimum Gasteiger partial charge on any atom is -0.310 e. The Bertz CT molecular complexity index is 4080. The van der Waals surface area contributed by atoms with Crippen LogP contribution in [-0.2, 0) is 0 Å². The van der Waals surface area contributed by atoms with E-state index in [4.69, 9.17) is 0 Å².